The van der Waals surface area contributed by atoms with Crippen molar-refractivity contribution in [2.45, 2.75) is 52.6 Å². The van der Waals surface area contributed by atoms with E-state index in [0.29, 0.717) is 6.04 Å². The molecule has 0 saturated carbocycles. The van der Waals surface area contributed by atoms with Crippen LogP contribution < -0.4 is 5.73 Å². The molecule has 5 nitrogen and oxygen atoms in total. The van der Waals surface area contributed by atoms with Crippen LogP contribution in [0.15, 0.2) is 18.3 Å². The number of hydrogen-bond acceptors (Lipinski definition) is 4. The zero-order valence-electron chi connectivity index (χ0n) is 12.7. The molecule has 5 heteroatoms. The molecule has 0 spiro atoms. The van der Waals surface area contributed by atoms with Gasteiger partial charge in [0.1, 0.15) is 0 Å². The van der Waals surface area contributed by atoms with Gasteiger partial charge in [0.15, 0.2) is 0 Å². The van der Waals surface area contributed by atoms with Crippen molar-refractivity contribution in [1.29, 1.82) is 0 Å². The molecule has 2 unspecified atom stereocenters. The molecule has 20 heavy (non-hydrogen) atoms. The zero-order valence-corrected chi connectivity index (χ0v) is 12.7. The van der Waals surface area contributed by atoms with Gasteiger partial charge in [-0.3, -0.25) is 4.68 Å². The van der Waals surface area contributed by atoms with Crippen LogP contribution in [0.2, 0.25) is 0 Å². The summed E-state index contributed by atoms with van der Waals surface area (Å²) in [5.41, 5.74) is 10.2. The van der Waals surface area contributed by atoms with Crippen molar-refractivity contribution in [3.05, 3.63) is 41.0 Å². The third-order valence-electron chi connectivity index (χ3n) is 3.67. The summed E-state index contributed by atoms with van der Waals surface area (Å²) in [7, 11) is 0. The van der Waals surface area contributed by atoms with Crippen molar-refractivity contribution in [2.24, 2.45) is 5.73 Å². The minimum atomic E-state index is -0.0931. The fourth-order valence-electron chi connectivity index (χ4n) is 2.20. The van der Waals surface area contributed by atoms with Crippen LogP contribution in [0.4, 0.5) is 0 Å². The molecule has 0 fully saturated rings. The Labute approximate surface area is 120 Å². The summed E-state index contributed by atoms with van der Waals surface area (Å²) in [5.74, 6) is 0. The van der Waals surface area contributed by atoms with Gasteiger partial charge in [-0.25, -0.2) is 0 Å². The molecule has 2 N–H and O–H groups in total. The molecule has 0 amide bonds. The van der Waals surface area contributed by atoms with Crippen LogP contribution >= 0.6 is 0 Å². The van der Waals surface area contributed by atoms with Crippen LogP contribution in [0.5, 0.6) is 0 Å². The predicted octanol–water partition coefficient (Wildman–Crippen LogP) is 2.50. The van der Waals surface area contributed by atoms with Crippen LogP contribution in [0, 0.1) is 13.8 Å². The van der Waals surface area contributed by atoms with E-state index in [1.54, 1.807) is 0 Å². The highest BCUT2D eigenvalue weighted by atomic mass is 15.3. The van der Waals surface area contributed by atoms with Crippen molar-refractivity contribution in [1.82, 2.24) is 20.0 Å². The van der Waals surface area contributed by atoms with E-state index in [1.807, 2.05) is 36.9 Å². The summed E-state index contributed by atoms with van der Waals surface area (Å²) in [6, 6.07) is 4.39. The maximum absolute atomic E-state index is 6.30. The average molecular weight is 273 g/mol. The third kappa shape index (κ3) is 3.22. The van der Waals surface area contributed by atoms with Gasteiger partial charge in [0.25, 0.3) is 0 Å². The number of nitrogens with two attached hydrogens (primary N) is 1. The smallest absolute Gasteiger partial charge is 0.0648 e. The molecule has 0 aliphatic carbocycles. The molecule has 0 aliphatic rings. The lowest BCUT2D eigenvalue weighted by molar-refractivity contribution is 0.471. The van der Waals surface area contributed by atoms with Crippen molar-refractivity contribution in [3.8, 4) is 0 Å². The van der Waals surface area contributed by atoms with Gasteiger partial charge in [-0.1, -0.05) is 6.92 Å². The first-order chi connectivity index (χ1) is 9.51. The topological polar surface area (TPSA) is 69.6 Å². The Bertz CT molecular complexity index is 575. The molecular weight excluding hydrogens is 250 g/mol. The maximum atomic E-state index is 6.30. The lowest BCUT2D eigenvalue weighted by Gasteiger charge is -2.13. The van der Waals surface area contributed by atoms with Crippen LogP contribution in [-0.2, 0) is 6.42 Å². The van der Waals surface area contributed by atoms with E-state index >= 15 is 0 Å². The zero-order chi connectivity index (χ0) is 14.7. The first kappa shape index (κ1) is 14.7. The third-order valence-corrected chi connectivity index (χ3v) is 3.67. The van der Waals surface area contributed by atoms with Gasteiger partial charge in [-0.15, -0.1) is 0 Å². The summed E-state index contributed by atoms with van der Waals surface area (Å²) in [6.45, 7) is 8.20. The minimum Gasteiger partial charge on any atom is -0.324 e. The highest BCUT2D eigenvalue weighted by Gasteiger charge is 2.14. The Hall–Kier alpha value is -1.75. The van der Waals surface area contributed by atoms with E-state index in [9.17, 15) is 0 Å². The highest BCUT2D eigenvalue weighted by Crippen LogP contribution is 2.19. The molecule has 2 aromatic rings. The summed E-state index contributed by atoms with van der Waals surface area (Å²) < 4.78 is 2.00. The van der Waals surface area contributed by atoms with Gasteiger partial charge in [0.2, 0.25) is 0 Å². The van der Waals surface area contributed by atoms with E-state index in [-0.39, 0.29) is 6.04 Å². The Morgan fingerprint density at radius 1 is 1.30 bits per heavy atom. The van der Waals surface area contributed by atoms with Crippen LogP contribution in [-0.4, -0.2) is 20.0 Å². The van der Waals surface area contributed by atoms with E-state index in [0.717, 1.165) is 35.5 Å². The van der Waals surface area contributed by atoms with Crippen LogP contribution in [0.25, 0.3) is 0 Å². The lowest BCUT2D eigenvalue weighted by atomic mass is 10.0. The summed E-state index contributed by atoms with van der Waals surface area (Å²) in [4.78, 5) is 0. The van der Waals surface area contributed by atoms with Gasteiger partial charge >= 0.3 is 0 Å². The van der Waals surface area contributed by atoms with E-state index < -0.39 is 0 Å². The number of nitrogens with zero attached hydrogens (tertiary/aromatic N) is 4. The molecule has 108 valence electrons. The molecule has 0 aliphatic heterocycles. The molecule has 2 rings (SSSR count). The maximum Gasteiger partial charge on any atom is 0.0648 e. The predicted molar refractivity (Wildman–Crippen MR) is 79.4 cm³/mol. The highest BCUT2D eigenvalue weighted by molar-refractivity contribution is 5.24. The van der Waals surface area contributed by atoms with Crippen LogP contribution in [0.3, 0.4) is 0 Å². The minimum absolute atomic E-state index is 0.0931. The number of aromatic nitrogens is 4. The SMILES string of the molecule is CCC(C)n1ccc(CC(N)c2cc(C)nnc2C)n1. The van der Waals surface area contributed by atoms with Crippen LogP contribution in [0.1, 0.15) is 55.0 Å². The average Bonchev–Trinajstić information content (AvgIpc) is 2.89. The summed E-state index contributed by atoms with van der Waals surface area (Å²) in [5, 5.41) is 12.8. The molecule has 0 saturated heterocycles. The van der Waals surface area contributed by atoms with Crippen molar-refractivity contribution < 1.29 is 0 Å². The number of rotatable bonds is 5. The summed E-state index contributed by atoms with van der Waals surface area (Å²) in [6.07, 6.45) is 3.81. The normalized spacial score (nSPS) is 14.2. The molecule has 2 heterocycles. The van der Waals surface area contributed by atoms with Crippen molar-refractivity contribution >= 4 is 0 Å². The van der Waals surface area contributed by atoms with Gasteiger partial charge in [-0.2, -0.15) is 15.3 Å². The second-order valence-corrected chi connectivity index (χ2v) is 5.38. The van der Waals surface area contributed by atoms with E-state index in [1.165, 1.54) is 0 Å². The Morgan fingerprint density at radius 3 is 2.75 bits per heavy atom. The molecule has 2 aromatic heterocycles. The Morgan fingerprint density at radius 2 is 2.05 bits per heavy atom. The van der Waals surface area contributed by atoms with Crippen molar-refractivity contribution in [3.63, 3.8) is 0 Å². The van der Waals surface area contributed by atoms with E-state index in [4.69, 9.17) is 5.73 Å². The number of aryl methyl sites for hydroxylation is 2. The Kier molecular flexibility index (Phi) is 4.49. The molecule has 0 aromatic carbocycles. The molecule has 0 bridgehead atoms. The molecule has 0 radical (unpaired) electrons. The standard InChI is InChI=1S/C15H23N5/c1-5-11(3)20-7-6-13(19-20)9-15(16)14-8-10(2)17-18-12(14)4/h6-8,11,15H,5,9,16H2,1-4H3. The second-order valence-electron chi connectivity index (χ2n) is 5.38. The first-order valence-corrected chi connectivity index (χ1v) is 7.11. The fraction of sp³-hybridized carbons (Fsp3) is 0.533. The molecule has 2 atom stereocenters. The Balaban J connectivity index is 2.13. The van der Waals surface area contributed by atoms with Gasteiger partial charge < -0.3 is 5.73 Å². The lowest BCUT2D eigenvalue weighted by Crippen LogP contribution is -2.17. The number of hydrogen-bond donors (Lipinski definition) is 1. The quantitative estimate of drug-likeness (QED) is 0.908. The van der Waals surface area contributed by atoms with Gasteiger partial charge in [-0.05, 0) is 44.9 Å². The van der Waals surface area contributed by atoms with Gasteiger partial charge in [0.05, 0.1) is 17.1 Å². The van der Waals surface area contributed by atoms with Crippen molar-refractivity contribution in [2.75, 3.05) is 0 Å². The largest absolute Gasteiger partial charge is 0.324 e. The molecular formula is C15H23N5. The summed E-state index contributed by atoms with van der Waals surface area (Å²) >= 11 is 0. The monoisotopic (exact) mass is 273 g/mol. The van der Waals surface area contributed by atoms with Gasteiger partial charge in [0, 0.05) is 24.7 Å². The first-order valence-electron chi connectivity index (χ1n) is 7.11. The fourth-order valence-corrected chi connectivity index (χ4v) is 2.20. The second kappa shape index (κ2) is 6.13. The van der Waals surface area contributed by atoms with E-state index in [2.05, 4.69) is 29.1 Å².